The fraction of sp³-hybridized carbons (Fsp3) is 0.440. The first kappa shape index (κ1) is 22.0. The van der Waals surface area contributed by atoms with Gasteiger partial charge in [-0.15, -0.1) is 0 Å². The highest BCUT2D eigenvalue weighted by atomic mass is 19.1. The number of amides is 1. The lowest BCUT2D eigenvalue weighted by molar-refractivity contribution is -0.000334. The second kappa shape index (κ2) is 8.99. The lowest BCUT2D eigenvalue weighted by atomic mass is 9.81. The van der Waals surface area contributed by atoms with Gasteiger partial charge in [-0.3, -0.25) is 9.38 Å². The molecule has 1 fully saturated rings. The number of rotatable bonds is 4. The number of halogens is 1. The normalized spacial score (nSPS) is 21.8. The quantitative estimate of drug-likeness (QED) is 0.624. The van der Waals surface area contributed by atoms with Crippen LogP contribution in [0.15, 0.2) is 65.7 Å². The summed E-state index contributed by atoms with van der Waals surface area (Å²) < 4.78 is 19.5. The maximum atomic E-state index is 14.0. The number of carbonyl (C=O) groups is 1. The maximum absolute atomic E-state index is 14.0. The first-order chi connectivity index (χ1) is 14.2. The molecule has 0 bridgehead atoms. The average molecular weight is 411 g/mol. The van der Waals surface area contributed by atoms with Crippen LogP contribution in [0.2, 0.25) is 0 Å². The van der Waals surface area contributed by atoms with Crippen LogP contribution in [0.25, 0.3) is 0 Å². The van der Waals surface area contributed by atoms with Crippen molar-refractivity contribution in [1.82, 2.24) is 4.90 Å². The largest absolute Gasteiger partial charge is 0.444 e. The fourth-order valence-electron chi connectivity index (χ4n) is 3.82. The minimum atomic E-state index is -0.651. The van der Waals surface area contributed by atoms with Gasteiger partial charge in [-0.25, -0.2) is 4.79 Å². The molecule has 30 heavy (non-hydrogen) atoms. The molecule has 1 aliphatic rings. The number of alkyl halides is 1. The summed E-state index contributed by atoms with van der Waals surface area (Å²) >= 11 is 0. The van der Waals surface area contributed by atoms with Crippen molar-refractivity contribution in [3.63, 3.8) is 0 Å². The number of piperidine rings is 1. The van der Waals surface area contributed by atoms with Gasteiger partial charge in [-0.05, 0) is 27.2 Å². The summed E-state index contributed by atoms with van der Waals surface area (Å²) in [5.74, 6) is 0. The van der Waals surface area contributed by atoms with Crippen molar-refractivity contribution in [1.29, 1.82) is 0 Å². The second-order valence-electron chi connectivity index (χ2n) is 9.37. The Kier molecular flexibility index (Phi) is 6.59. The minimum Gasteiger partial charge on any atom is -0.444 e. The Morgan fingerprint density at radius 2 is 1.63 bits per heavy atom. The van der Waals surface area contributed by atoms with Gasteiger partial charge < -0.3 is 9.64 Å². The molecule has 2 atom stereocenters. The Morgan fingerprint density at radius 3 is 2.10 bits per heavy atom. The molecule has 1 saturated heterocycles. The Bertz CT molecular complexity index is 836. The number of carbonyl (C=O) groups excluding carboxylic acids is 1. The highest BCUT2D eigenvalue weighted by Gasteiger charge is 2.40. The van der Waals surface area contributed by atoms with Gasteiger partial charge in [0.15, 0.2) is 0 Å². The molecule has 0 radical (unpaired) electrons. The predicted octanol–water partition coefficient (Wildman–Crippen LogP) is 5.51. The number of ether oxygens (including phenoxy) is 1. The highest BCUT2D eigenvalue weighted by Crippen LogP contribution is 2.33. The molecule has 0 aromatic heterocycles. The second-order valence-corrected chi connectivity index (χ2v) is 9.37. The van der Waals surface area contributed by atoms with Crippen molar-refractivity contribution in [3.05, 3.63) is 71.8 Å². The first-order valence-electron chi connectivity index (χ1n) is 10.4. The summed E-state index contributed by atoms with van der Waals surface area (Å²) in [6.07, 6.45) is 0.162. The zero-order valence-corrected chi connectivity index (χ0v) is 18.3. The SMILES string of the molecule is CC1(CF)CC(N=C(c2ccccc2)c2ccccc2)CN(C(=O)OC(C)(C)C)C1. The van der Waals surface area contributed by atoms with E-state index in [0.29, 0.717) is 19.5 Å². The third-order valence-corrected chi connectivity index (χ3v) is 5.11. The Morgan fingerprint density at radius 1 is 1.10 bits per heavy atom. The van der Waals surface area contributed by atoms with Crippen molar-refractivity contribution >= 4 is 11.8 Å². The van der Waals surface area contributed by atoms with Crippen LogP contribution in [0.3, 0.4) is 0 Å². The van der Waals surface area contributed by atoms with Gasteiger partial charge >= 0.3 is 6.09 Å². The summed E-state index contributed by atoms with van der Waals surface area (Å²) in [5.41, 5.74) is 1.61. The molecule has 0 N–H and O–H groups in total. The van der Waals surface area contributed by atoms with E-state index in [0.717, 1.165) is 16.8 Å². The topological polar surface area (TPSA) is 41.9 Å². The molecule has 2 aromatic carbocycles. The molecule has 0 spiro atoms. The number of aliphatic imine (C=N–C) groups is 1. The van der Waals surface area contributed by atoms with E-state index >= 15 is 0 Å². The van der Waals surface area contributed by atoms with E-state index in [1.807, 2.05) is 88.4 Å². The summed E-state index contributed by atoms with van der Waals surface area (Å²) in [7, 11) is 0. The molecule has 1 heterocycles. The van der Waals surface area contributed by atoms with E-state index in [1.165, 1.54) is 0 Å². The average Bonchev–Trinajstić information content (AvgIpc) is 2.72. The van der Waals surface area contributed by atoms with Gasteiger partial charge in [0.1, 0.15) is 5.60 Å². The van der Waals surface area contributed by atoms with Crippen molar-refractivity contribution < 1.29 is 13.9 Å². The van der Waals surface area contributed by atoms with Crippen molar-refractivity contribution in [2.45, 2.75) is 45.8 Å². The maximum Gasteiger partial charge on any atom is 0.410 e. The molecule has 2 aromatic rings. The fourth-order valence-corrected chi connectivity index (χ4v) is 3.82. The van der Waals surface area contributed by atoms with Crippen LogP contribution in [-0.4, -0.2) is 48.1 Å². The number of nitrogens with zero attached hydrogens (tertiary/aromatic N) is 2. The molecule has 1 amide bonds. The Labute approximate surface area is 178 Å². The third-order valence-electron chi connectivity index (χ3n) is 5.11. The molecular formula is C25H31FN2O2. The van der Waals surface area contributed by atoms with Gasteiger partial charge in [0.25, 0.3) is 0 Å². The molecule has 0 aliphatic carbocycles. The van der Waals surface area contributed by atoms with E-state index < -0.39 is 23.8 Å². The van der Waals surface area contributed by atoms with Crippen LogP contribution in [-0.2, 0) is 4.74 Å². The van der Waals surface area contributed by atoms with Gasteiger partial charge in [0, 0.05) is 29.6 Å². The van der Waals surface area contributed by atoms with Gasteiger partial charge in [0.05, 0.1) is 18.4 Å². The molecule has 3 rings (SSSR count). The zero-order chi connectivity index (χ0) is 21.8. The smallest absolute Gasteiger partial charge is 0.410 e. The van der Waals surface area contributed by atoms with Gasteiger partial charge in [-0.1, -0.05) is 67.6 Å². The summed E-state index contributed by atoms with van der Waals surface area (Å²) in [6, 6.07) is 19.7. The number of benzene rings is 2. The molecular weight excluding hydrogens is 379 g/mol. The van der Waals surface area contributed by atoms with Crippen LogP contribution < -0.4 is 0 Å². The van der Waals surface area contributed by atoms with Crippen LogP contribution in [0.5, 0.6) is 0 Å². The van der Waals surface area contributed by atoms with Crippen LogP contribution >= 0.6 is 0 Å². The molecule has 0 saturated carbocycles. The Balaban J connectivity index is 1.95. The third kappa shape index (κ3) is 5.68. The summed E-state index contributed by atoms with van der Waals surface area (Å²) in [5, 5.41) is 0. The lowest BCUT2D eigenvalue weighted by Crippen LogP contribution is -2.52. The molecule has 5 heteroatoms. The van der Waals surface area contributed by atoms with Crippen LogP contribution in [0.4, 0.5) is 9.18 Å². The first-order valence-corrected chi connectivity index (χ1v) is 10.4. The minimum absolute atomic E-state index is 0.220. The monoisotopic (exact) mass is 410 g/mol. The Hall–Kier alpha value is -2.69. The number of likely N-dealkylation sites (tertiary alicyclic amines) is 1. The predicted molar refractivity (Wildman–Crippen MR) is 119 cm³/mol. The number of hydrogen-bond donors (Lipinski definition) is 0. The van der Waals surface area contributed by atoms with E-state index in [2.05, 4.69) is 0 Å². The van der Waals surface area contributed by atoms with Crippen molar-refractivity contribution in [2.24, 2.45) is 10.4 Å². The summed E-state index contributed by atoms with van der Waals surface area (Å²) in [6.45, 7) is 7.61. The zero-order valence-electron chi connectivity index (χ0n) is 18.3. The van der Waals surface area contributed by atoms with E-state index in [1.54, 1.807) is 4.90 Å². The van der Waals surface area contributed by atoms with Gasteiger partial charge in [0.2, 0.25) is 0 Å². The lowest BCUT2D eigenvalue weighted by Gasteiger charge is -2.42. The highest BCUT2D eigenvalue weighted by molar-refractivity contribution is 6.13. The van der Waals surface area contributed by atoms with Gasteiger partial charge in [-0.2, -0.15) is 0 Å². The molecule has 2 unspecified atom stereocenters. The molecule has 160 valence electrons. The van der Waals surface area contributed by atoms with Crippen molar-refractivity contribution in [2.75, 3.05) is 19.8 Å². The standard InChI is InChI=1S/C25H31FN2O2/c1-24(2,3)30-23(29)28-16-21(15-25(4,17-26)18-28)27-22(19-11-7-5-8-12-19)20-13-9-6-10-14-20/h5-14,21H,15-18H2,1-4H3. The number of hydrogen-bond acceptors (Lipinski definition) is 3. The van der Waals surface area contributed by atoms with Crippen LogP contribution in [0, 0.1) is 5.41 Å². The van der Waals surface area contributed by atoms with E-state index in [9.17, 15) is 9.18 Å². The van der Waals surface area contributed by atoms with E-state index in [-0.39, 0.29) is 6.04 Å². The molecule has 1 aliphatic heterocycles. The molecule has 4 nitrogen and oxygen atoms in total. The van der Waals surface area contributed by atoms with Crippen LogP contribution in [0.1, 0.15) is 45.2 Å². The summed E-state index contributed by atoms with van der Waals surface area (Å²) in [4.78, 5) is 19.4. The van der Waals surface area contributed by atoms with E-state index in [4.69, 9.17) is 9.73 Å². The van der Waals surface area contributed by atoms with Crippen molar-refractivity contribution in [3.8, 4) is 0 Å².